The van der Waals surface area contributed by atoms with E-state index in [-0.39, 0.29) is 1.43 Å². The van der Waals surface area contributed by atoms with Crippen LogP contribution in [0.2, 0.25) is 0 Å². The Morgan fingerprint density at radius 2 is 2.15 bits per heavy atom. The molecule has 4 aromatic rings. The number of hydrogen-bond acceptors (Lipinski definition) is 2. The van der Waals surface area contributed by atoms with Crippen molar-refractivity contribution in [2.45, 2.75) is 20.3 Å². The van der Waals surface area contributed by atoms with Crippen molar-refractivity contribution in [1.82, 2.24) is 19.6 Å². The quantitative estimate of drug-likeness (QED) is 0.523. The minimum Gasteiger partial charge on any atom is -0.346 e. The van der Waals surface area contributed by atoms with Gasteiger partial charge in [-0.15, -0.1) is 0 Å². The molecule has 0 spiro atoms. The molecule has 1 unspecified atom stereocenters. The Morgan fingerprint density at radius 3 is 3.04 bits per heavy atom. The van der Waals surface area contributed by atoms with Crippen LogP contribution in [0.4, 0.5) is 0 Å². The summed E-state index contributed by atoms with van der Waals surface area (Å²) in [6.07, 6.45) is 13.6. The molecule has 0 amide bonds. The second kappa shape index (κ2) is 5.70. The second-order valence-electron chi connectivity index (χ2n) is 7.12. The monoisotopic (exact) mass is 342 g/mol. The third kappa shape index (κ3) is 2.37. The van der Waals surface area contributed by atoms with E-state index in [2.05, 4.69) is 59.3 Å². The largest absolute Gasteiger partial charge is 0.346 e. The van der Waals surface area contributed by atoms with Gasteiger partial charge in [-0.3, -0.25) is 0 Å². The van der Waals surface area contributed by atoms with Crippen LogP contribution in [0.25, 0.3) is 33.3 Å². The zero-order chi connectivity index (χ0) is 17.7. The summed E-state index contributed by atoms with van der Waals surface area (Å²) in [6.45, 7) is 4.45. The number of H-pyrrole nitrogens is 1. The maximum Gasteiger partial charge on any atom is 0.137 e. The summed E-state index contributed by atoms with van der Waals surface area (Å²) >= 11 is 0. The van der Waals surface area contributed by atoms with E-state index >= 15 is 0 Å². The average molecular weight is 342 g/mol. The van der Waals surface area contributed by atoms with Gasteiger partial charge in [0.1, 0.15) is 5.65 Å². The highest BCUT2D eigenvalue weighted by Crippen LogP contribution is 2.34. The molecule has 4 aromatic heterocycles. The molecule has 0 aromatic carbocycles. The van der Waals surface area contributed by atoms with Gasteiger partial charge in [-0.1, -0.05) is 19.1 Å². The Kier molecular flexibility index (Phi) is 3.32. The molecular weight excluding hydrogens is 320 g/mol. The molecule has 0 aliphatic heterocycles. The highest BCUT2D eigenvalue weighted by molar-refractivity contribution is 5.96. The van der Waals surface area contributed by atoms with Crippen molar-refractivity contribution in [2.24, 2.45) is 5.92 Å². The lowest BCUT2D eigenvalue weighted by molar-refractivity contribution is 0.732. The molecule has 0 bridgehead atoms. The maximum atomic E-state index is 4.67. The predicted molar refractivity (Wildman–Crippen MR) is 108 cm³/mol. The molecule has 1 aliphatic rings. The maximum absolute atomic E-state index is 4.67. The number of fused-ring (bicyclic) bond motifs is 2. The molecule has 1 aliphatic carbocycles. The number of rotatable bonds is 2. The molecule has 1 atom stereocenters. The molecule has 0 radical (unpaired) electrons. The summed E-state index contributed by atoms with van der Waals surface area (Å²) in [5.74, 6) is 0.612. The molecule has 0 fully saturated rings. The smallest absolute Gasteiger partial charge is 0.137 e. The highest BCUT2D eigenvalue weighted by Gasteiger charge is 2.14. The fourth-order valence-electron chi connectivity index (χ4n) is 3.87. The first-order chi connectivity index (χ1) is 12.7. The minimum absolute atomic E-state index is 0. The third-order valence-corrected chi connectivity index (χ3v) is 5.21. The fourth-order valence-corrected chi connectivity index (χ4v) is 3.87. The molecule has 26 heavy (non-hydrogen) atoms. The zero-order valence-electron chi connectivity index (χ0n) is 14.9. The van der Waals surface area contributed by atoms with Gasteiger partial charge in [0.2, 0.25) is 0 Å². The van der Waals surface area contributed by atoms with Crippen molar-refractivity contribution in [3.05, 3.63) is 72.3 Å². The van der Waals surface area contributed by atoms with Crippen LogP contribution in [0.3, 0.4) is 0 Å². The van der Waals surface area contributed by atoms with Gasteiger partial charge < -0.3 is 4.98 Å². The fraction of sp³-hybridized carbons (Fsp3) is 0.182. The van der Waals surface area contributed by atoms with Crippen LogP contribution in [0.1, 0.15) is 27.3 Å². The first-order valence-corrected chi connectivity index (χ1v) is 8.99. The molecule has 1 N–H and O–H groups in total. The summed E-state index contributed by atoms with van der Waals surface area (Å²) in [6, 6.07) is 8.54. The molecule has 0 saturated carbocycles. The van der Waals surface area contributed by atoms with Gasteiger partial charge in [-0.05, 0) is 60.2 Å². The van der Waals surface area contributed by atoms with E-state index in [1.165, 1.54) is 27.8 Å². The summed E-state index contributed by atoms with van der Waals surface area (Å²) in [4.78, 5) is 7.98. The SMILES string of the molecule is CC1=CC(C)CC=C1c1cnc2[nH]cc(-c3ccn4nccc4c3)c2c1.[HH]. The van der Waals surface area contributed by atoms with E-state index in [0.717, 1.165) is 23.0 Å². The van der Waals surface area contributed by atoms with Crippen molar-refractivity contribution in [3.8, 4) is 11.1 Å². The number of nitrogens with zero attached hydrogens (tertiary/aromatic N) is 3. The van der Waals surface area contributed by atoms with Crippen LogP contribution in [0, 0.1) is 5.92 Å². The van der Waals surface area contributed by atoms with E-state index in [1.54, 1.807) is 0 Å². The van der Waals surface area contributed by atoms with Crippen molar-refractivity contribution < 1.29 is 1.43 Å². The lowest BCUT2D eigenvalue weighted by Gasteiger charge is -2.17. The van der Waals surface area contributed by atoms with Gasteiger partial charge in [0, 0.05) is 42.7 Å². The Morgan fingerprint density at radius 1 is 1.23 bits per heavy atom. The number of aromatic nitrogens is 4. The minimum atomic E-state index is 0. The Bertz CT molecular complexity index is 1200. The van der Waals surface area contributed by atoms with E-state index in [0.29, 0.717) is 5.92 Å². The van der Waals surface area contributed by atoms with Crippen LogP contribution in [-0.2, 0) is 0 Å². The average Bonchev–Trinajstić information content (AvgIpc) is 3.27. The lowest BCUT2D eigenvalue weighted by Crippen LogP contribution is -1.99. The van der Waals surface area contributed by atoms with Crippen molar-refractivity contribution in [1.29, 1.82) is 0 Å². The van der Waals surface area contributed by atoms with Gasteiger partial charge >= 0.3 is 0 Å². The van der Waals surface area contributed by atoms with E-state index in [4.69, 9.17) is 0 Å². The summed E-state index contributed by atoms with van der Waals surface area (Å²) in [5, 5.41) is 5.43. The van der Waals surface area contributed by atoms with Crippen LogP contribution >= 0.6 is 0 Å². The molecular formula is C22H22N4. The second-order valence-corrected chi connectivity index (χ2v) is 7.12. The van der Waals surface area contributed by atoms with Crippen molar-refractivity contribution >= 4 is 22.1 Å². The topological polar surface area (TPSA) is 46.0 Å². The van der Waals surface area contributed by atoms with Gasteiger partial charge in [-0.25, -0.2) is 9.50 Å². The third-order valence-electron chi connectivity index (χ3n) is 5.21. The van der Waals surface area contributed by atoms with Crippen LogP contribution in [-0.4, -0.2) is 19.6 Å². The number of pyridine rings is 2. The molecule has 4 heteroatoms. The van der Waals surface area contributed by atoms with E-state index in [1.807, 2.05) is 35.4 Å². The van der Waals surface area contributed by atoms with Crippen LogP contribution < -0.4 is 0 Å². The summed E-state index contributed by atoms with van der Waals surface area (Å²) in [7, 11) is 0. The Balaban J connectivity index is 0.00000180. The van der Waals surface area contributed by atoms with Gasteiger partial charge in [0.25, 0.3) is 0 Å². The molecule has 0 saturated heterocycles. The lowest BCUT2D eigenvalue weighted by atomic mass is 9.89. The number of nitrogens with one attached hydrogen (secondary N) is 1. The van der Waals surface area contributed by atoms with Gasteiger partial charge in [0.15, 0.2) is 0 Å². The number of allylic oxidation sites excluding steroid dienone is 4. The van der Waals surface area contributed by atoms with E-state index < -0.39 is 0 Å². The predicted octanol–water partition coefficient (Wildman–Crippen LogP) is 5.49. The standard InChI is InChI=1S/C22H20N4.H2/c1-14-3-4-19(15(2)9-14)17-11-20-21(13-24-22(20)23-12-17)16-6-8-26-18(10-16)5-7-25-26;/h4-14H,3H2,1-2H3,(H,23,24);1H. The first kappa shape index (κ1) is 15.1. The zero-order valence-corrected chi connectivity index (χ0v) is 14.9. The van der Waals surface area contributed by atoms with Crippen LogP contribution in [0.5, 0.6) is 0 Å². The van der Waals surface area contributed by atoms with Crippen LogP contribution in [0.15, 0.2) is 66.8 Å². The molecule has 4 nitrogen and oxygen atoms in total. The van der Waals surface area contributed by atoms with Gasteiger partial charge in [0.05, 0.1) is 5.52 Å². The van der Waals surface area contributed by atoms with Crippen molar-refractivity contribution in [2.75, 3.05) is 0 Å². The number of aromatic amines is 1. The first-order valence-electron chi connectivity index (χ1n) is 8.99. The highest BCUT2D eigenvalue weighted by atomic mass is 15.2. The molecule has 5 rings (SSSR count). The Hall–Kier alpha value is -3.14. The normalized spacial score (nSPS) is 17.5. The molecule has 130 valence electrons. The van der Waals surface area contributed by atoms with Crippen molar-refractivity contribution in [3.63, 3.8) is 0 Å². The summed E-state index contributed by atoms with van der Waals surface area (Å²) in [5.41, 5.74) is 8.17. The van der Waals surface area contributed by atoms with Gasteiger partial charge in [-0.2, -0.15) is 5.10 Å². The number of hydrogen-bond donors (Lipinski definition) is 1. The Labute approximate surface area is 153 Å². The van der Waals surface area contributed by atoms with E-state index in [9.17, 15) is 0 Å². The summed E-state index contributed by atoms with van der Waals surface area (Å²) < 4.78 is 1.88. The molecule has 4 heterocycles.